The van der Waals surface area contributed by atoms with Crippen LogP contribution in [-0.2, 0) is 4.79 Å². The molecule has 1 N–H and O–H groups in total. The summed E-state index contributed by atoms with van der Waals surface area (Å²) < 4.78 is 0. The van der Waals surface area contributed by atoms with Gasteiger partial charge in [0, 0.05) is 52.2 Å². The van der Waals surface area contributed by atoms with Gasteiger partial charge in [-0.05, 0) is 25.3 Å². The van der Waals surface area contributed by atoms with E-state index in [2.05, 4.69) is 31.1 Å². The van der Waals surface area contributed by atoms with Crippen LogP contribution >= 0.6 is 0 Å². The highest BCUT2D eigenvalue weighted by molar-refractivity contribution is 5.78. The summed E-state index contributed by atoms with van der Waals surface area (Å²) in [6.45, 7) is 9.90. The summed E-state index contributed by atoms with van der Waals surface area (Å²) >= 11 is 0. The topological polar surface area (TPSA) is 55.9 Å². The van der Waals surface area contributed by atoms with Crippen molar-refractivity contribution in [1.29, 1.82) is 0 Å². The predicted molar refractivity (Wildman–Crippen MR) is 86.7 cm³/mol. The maximum atomic E-state index is 12.2. The van der Waals surface area contributed by atoms with Gasteiger partial charge in [-0.15, -0.1) is 0 Å². The molecule has 3 amide bonds. The third-order valence-corrected chi connectivity index (χ3v) is 4.66. The molecular formula is C16H30N4O2. The summed E-state index contributed by atoms with van der Waals surface area (Å²) in [5.74, 6) is 0.146. The number of carbonyl (C=O) groups excluding carboxylic acids is 2. The molecule has 2 fully saturated rings. The van der Waals surface area contributed by atoms with E-state index in [9.17, 15) is 9.59 Å². The van der Waals surface area contributed by atoms with E-state index >= 15 is 0 Å². The quantitative estimate of drug-likeness (QED) is 0.845. The summed E-state index contributed by atoms with van der Waals surface area (Å²) in [5.41, 5.74) is 0.200. The molecule has 2 aliphatic heterocycles. The molecular weight excluding hydrogens is 280 g/mol. The van der Waals surface area contributed by atoms with Gasteiger partial charge in [0.05, 0.1) is 0 Å². The molecule has 2 saturated heterocycles. The highest BCUT2D eigenvalue weighted by Crippen LogP contribution is 2.28. The fourth-order valence-electron chi connectivity index (χ4n) is 3.20. The largest absolute Gasteiger partial charge is 0.340 e. The molecule has 126 valence electrons. The molecule has 2 heterocycles. The number of hydrogen-bond donors (Lipinski definition) is 1. The van der Waals surface area contributed by atoms with Crippen molar-refractivity contribution >= 4 is 11.9 Å². The van der Waals surface area contributed by atoms with Crippen LogP contribution in [0.1, 0.15) is 33.1 Å². The Kier molecular flexibility index (Phi) is 5.67. The first kappa shape index (κ1) is 17.1. The second-order valence-electron chi connectivity index (χ2n) is 7.36. The summed E-state index contributed by atoms with van der Waals surface area (Å²) in [6, 6.07) is -0.0287. The predicted octanol–water partition coefficient (Wildman–Crippen LogP) is 0.982. The number of rotatable bonds is 3. The fraction of sp³-hybridized carbons (Fsp3) is 0.875. The molecule has 0 aromatic heterocycles. The minimum absolute atomic E-state index is 0.0287. The Morgan fingerprint density at radius 1 is 1.05 bits per heavy atom. The van der Waals surface area contributed by atoms with E-state index in [1.54, 1.807) is 0 Å². The molecule has 0 aromatic carbocycles. The van der Waals surface area contributed by atoms with Crippen molar-refractivity contribution in [2.24, 2.45) is 5.41 Å². The molecule has 6 heteroatoms. The number of nitrogens with one attached hydrogen (secondary N) is 1. The first-order valence-corrected chi connectivity index (χ1v) is 8.36. The zero-order valence-corrected chi connectivity index (χ0v) is 14.2. The first-order valence-electron chi connectivity index (χ1n) is 8.36. The van der Waals surface area contributed by atoms with Gasteiger partial charge in [-0.3, -0.25) is 4.79 Å². The normalized spacial score (nSPS) is 22.5. The second kappa shape index (κ2) is 7.31. The molecule has 0 bridgehead atoms. The maximum Gasteiger partial charge on any atom is 0.317 e. The van der Waals surface area contributed by atoms with E-state index in [-0.39, 0.29) is 17.4 Å². The Morgan fingerprint density at radius 3 is 2.36 bits per heavy atom. The molecule has 0 spiro atoms. The van der Waals surface area contributed by atoms with Crippen LogP contribution in [0.3, 0.4) is 0 Å². The van der Waals surface area contributed by atoms with Crippen molar-refractivity contribution < 1.29 is 9.59 Å². The van der Waals surface area contributed by atoms with Crippen LogP contribution < -0.4 is 5.32 Å². The van der Waals surface area contributed by atoms with Crippen molar-refractivity contribution in [2.75, 3.05) is 52.9 Å². The van der Waals surface area contributed by atoms with Crippen molar-refractivity contribution in [3.8, 4) is 0 Å². The Labute approximate surface area is 133 Å². The van der Waals surface area contributed by atoms with Gasteiger partial charge in [0.15, 0.2) is 0 Å². The highest BCUT2D eigenvalue weighted by Gasteiger charge is 2.29. The lowest BCUT2D eigenvalue weighted by Gasteiger charge is -2.38. The number of amides is 3. The van der Waals surface area contributed by atoms with Crippen LogP contribution in [0.5, 0.6) is 0 Å². The van der Waals surface area contributed by atoms with Crippen LogP contribution in [-0.4, -0.2) is 79.5 Å². The summed E-state index contributed by atoms with van der Waals surface area (Å²) in [4.78, 5) is 30.3. The van der Waals surface area contributed by atoms with Gasteiger partial charge in [0.2, 0.25) is 5.91 Å². The number of urea groups is 1. The molecule has 6 nitrogen and oxygen atoms in total. The van der Waals surface area contributed by atoms with Gasteiger partial charge in [0.1, 0.15) is 0 Å². The Bertz CT molecular complexity index is 403. The molecule has 22 heavy (non-hydrogen) atoms. The SMILES string of the molecule is CN1CCN(C(=O)CCNC(=O)N2CCCC(C)(C)C2)CC1. The van der Waals surface area contributed by atoms with Gasteiger partial charge in [0.25, 0.3) is 0 Å². The summed E-state index contributed by atoms with van der Waals surface area (Å²) in [6.07, 6.45) is 2.62. The van der Waals surface area contributed by atoms with E-state index in [0.29, 0.717) is 13.0 Å². The molecule has 0 unspecified atom stereocenters. The van der Waals surface area contributed by atoms with Crippen LogP contribution in [0.25, 0.3) is 0 Å². The number of hydrogen-bond acceptors (Lipinski definition) is 3. The second-order valence-corrected chi connectivity index (χ2v) is 7.36. The number of likely N-dealkylation sites (N-methyl/N-ethyl adjacent to an activating group) is 1. The Balaban J connectivity index is 1.67. The van der Waals surface area contributed by atoms with Gasteiger partial charge in [-0.2, -0.15) is 0 Å². The van der Waals surface area contributed by atoms with E-state index in [0.717, 1.165) is 45.7 Å². The molecule has 0 saturated carbocycles. The number of carbonyl (C=O) groups is 2. The van der Waals surface area contributed by atoms with Crippen molar-refractivity contribution in [3.63, 3.8) is 0 Å². The minimum Gasteiger partial charge on any atom is -0.340 e. The standard InChI is InChI=1S/C16H30N4O2/c1-16(2)6-4-8-20(13-16)15(22)17-7-5-14(21)19-11-9-18(3)10-12-19/h4-13H2,1-3H3,(H,17,22). The lowest BCUT2D eigenvalue weighted by molar-refractivity contribution is -0.132. The van der Waals surface area contributed by atoms with Crippen molar-refractivity contribution in [2.45, 2.75) is 33.1 Å². The van der Waals surface area contributed by atoms with Crippen LogP contribution in [0, 0.1) is 5.41 Å². The lowest BCUT2D eigenvalue weighted by atomic mass is 9.84. The number of piperazine rings is 1. The van der Waals surface area contributed by atoms with Gasteiger partial charge < -0.3 is 20.0 Å². The Morgan fingerprint density at radius 2 is 1.73 bits per heavy atom. The first-order chi connectivity index (χ1) is 10.4. The lowest BCUT2D eigenvalue weighted by Crippen LogP contribution is -2.49. The van der Waals surface area contributed by atoms with Crippen LogP contribution in [0.15, 0.2) is 0 Å². The third-order valence-electron chi connectivity index (χ3n) is 4.66. The van der Waals surface area contributed by atoms with E-state index in [1.807, 2.05) is 9.80 Å². The maximum absolute atomic E-state index is 12.2. The van der Waals surface area contributed by atoms with Crippen molar-refractivity contribution in [1.82, 2.24) is 20.0 Å². The third kappa shape index (κ3) is 4.87. The summed E-state index contributed by atoms with van der Waals surface area (Å²) in [5, 5.41) is 2.90. The minimum atomic E-state index is -0.0287. The molecule has 0 aromatic rings. The fourth-order valence-corrected chi connectivity index (χ4v) is 3.20. The number of likely N-dealkylation sites (tertiary alicyclic amines) is 1. The molecule has 0 radical (unpaired) electrons. The average molecular weight is 310 g/mol. The molecule has 2 rings (SSSR count). The monoisotopic (exact) mass is 310 g/mol. The molecule has 0 atom stereocenters. The average Bonchev–Trinajstić information content (AvgIpc) is 2.46. The highest BCUT2D eigenvalue weighted by atomic mass is 16.2. The molecule has 0 aliphatic carbocycles. The Hall–Kier alpha value is -1.30. The summed E-state index contributed by atoms with van der Waals surface area (Å²) in [7, 11) is 2.07. The van der Waals surface area contributed by atoms with E-state index < -0.39 is 0 Å². The van der Waals surface area contributed by atoms with Crippen LogP contribution in [0.2, 0.25) is 0 Å². The van der Waals surface area contributed by atoms with E-state index in [1.165, 1.54) is 6.42 Å². The van der Waals surface area contributed by atoms with Gasteiger partial charge in [-0.1, -0.05) is 13.8 Å². The molecule has 2 aliphatic rings. The van der Waals surface area contributed by atoms with Crippen molar-refractivity contribution in [3.05, 3.63) is 0 Å². The van der Waals surface area contributed by atoms with Crippen LogP contribution in [0.4, 0.5) is 4.79 Å². The number of nitrogens with zero attached hydrogens (tertiary/aromatic N) is 3. The number of piperidine rings is 1. The van der Waals surface area contributed by atoms with E-state index in [4.69, 9.17) is 0 Å². The zero-order valence-electron chi connectivity index (χ0n) is 14.2. The smallest absolute Gasteiger partial charge is 0.317 e. The van der Waals surface area contributed by atoms with Gasteiger partial charge >= 0.3 is 6.03 Å². The van der Waals surface area contributed by atoms with Gasteiger partial charge in [-0.25, -0.2) is 4.79 Å². The zero-order chi connectivity index (χ0) is 16.2.